The van der Waals surface area contributed by atoms with Crippen LogP contribution >= 0.6 is 11.8 Å². The lowest BCUT2D eigenvalue weighted by atomic mass is 10.1. The lowest BCUT2D eigenvalue weighted by Gasteiger charge is -2.12. The van der Waals surface area contributed by atoms with Gasteiger partial charge in [0.05, 0.1) is 6.61 Å². The topological polar surface area (TPSA) is 38.8 Å². The molecular formula is C15H18O3S. The average Bonchev–Trinajstić information content (AvgIpc) is 3.15. The highest BCUT2D eigenvalue weighted by Crippen LogP contribution is 2.31. The second kappa shape index (κ2) is 5.80. The molecule has 0 N–H and O–H groups in total. The lowest BCUT2D eigenvalue weighted by Crippen LogP contribution is -2.05. The number of benzene rings is 1. The van der Waals surface area contributed by atoms with Crippen molar-refractivity contribution in [2.45, 2.75) is 31.8 Å². The molecule has 0 saturated carbocycles. The molecule has 0 unspecified atom stereocenters. The van der Waals surface area contributed by atoms with Crippen LogP contribution in [0.4, 0.5) is 0 Å². The molecule has 1 fully saturated rings. The van der Waals surface area contributed by atoms with Gasteiger partial charge in [-0.2, -0.15) is 0 Å². The molecule has 0 amide bonds. The summed E-state index contributed by atoms with van der Waals surface area (Å²) < 4.78 is 10.8. The van der Waals surface area contributed by atoms with E-state index in [2.05, 4.69) is 6.58 Å². The molecule has 1 aliphatic heterocycles. The predicted molar refractivity (Wildman–Crippen MR) is 76.8 cm³/mol. The highest BCUT2D eigenvalue weighted by atomic mass is 32.2. The Labute approximate surface area is 118 Å². The third-order valence-electron chi connectivity index (χ3n) is 2.85. The van der Waals surface area contributed by atoms with Crippen LogP contribution in [0, 0.1) is 13.8 Å². The van der Waals surface area contributed by atoms with Crippen molar-refractivity contribution in [2.24, 2.45) is 0 Å². The van der Waals surface area contributed by atoms with Crippen molar-refractivity contribution in [1.82, 2.24) is 0 Å². The van der Waals surface area contributed by atoms with Gasteiger partial charge in [-0.05, 0) is 61.4 Å². The maximum atomic E-state index is 11.7. The largest absolute Gasteiger partial charge is 0.491 e. The minimum Gasteiger partial charge on any atom is -0.491 e. The maximum Gasteiger partial charge on any atom is 0.219 e. The van der Waals surface area contributed by atoms with E-state index in [1.165, 1.54) is 11.8 Å². The maximum absolute atomic E-state index is 11.7. The minimum absolute atomic E-state index is 0.00236. The molecule has 3 nitrogen and oxygen atoms in total. The zero-order valence-electron chi connectivity index (χ0n) is 11.5. The summed E-state index contributed by atoms with van der Waals surface area (Å²) in [4.78, 5) is 12.7. The Morgan fingerprint density at radius 1 is 1.47 bits per heavy atom. The fourth-order valence-electron chi connectivity index (χ4n) is 1.56. The fraction of sp³-hybridized carbons (Fsp3) is 0.400. The zero-order valence-corrected chi connectivity index (χ0v) is 12.3. The monoisotopic (exact) mass is 278 g/mol. The fourth-order valence-corrected chi connectivity index (χ4v) is 2.39. The van der Waals surface area contributed by atoms with Gasteiger partial charge in [0.15, 0.2) is 0 Å². The van der Waals surface area contributed by atoms with Crippen LogP contribution < -0.4 is 4.74 Å². The van der Waals surface area contributed by atoms with E-state index in [1.54, 1.807) is 6.92 Å². The Morgan fingerprint density at radius 3 is 2.74 bits per heavy atom. The Morgan fingerprint density at radius 2 is 2.16 bits per heavy atom. The van der Waals surface area contributed by atoms with E-state index in [1.807, 2.05) is 26.0 Å². The van der Waals surface area contributed by atoms with Crippen molar-refractivity contribution >= 4 is 16.9 Å². The van der Waals surface area contributed by atoms with Gasteiger partial charge in [-0.1, -0.05) is 6.58 Å². The summed E-state index contributed by atoms with van der Waals surface area (Å²) in [6, 6.07) is 3.97. The first kappa shape index (κ1) is 14.2. The number of hydrogen-bond acceptors (Lipinski definition) is 4. The summed E-state index contributed by atoms with van der Waals surface area (Å²) in [6.45, 7) is 10.7. The van der Waals surface area contributed by atoms with Crippen LogP contribution in [0.2, 0.25) is 0 Å². The van der Waals surface area contributed by atoms with Gasteiger partial charge >= 0.3 is 0 Å². The minimum atomic E-state index is 0.00236. The predicted octanol–water partition coefficient (Wildman–Crippen LogP) is 3.28. The number of carbonyl (C=O) groups excluding carboxylic acids is 1. The average molecular weight is 278 g/mol. The van der Waals surface area contributed by atoms with E-state index < -0.39 is 0 Å². The van der Waals surface area contributed by atoms with Crippen LogP contribution in [0.5, 0.6) is 5.75 Å². The summed E-state index contributed by atoms with van der Waals surface area (Å²) in [5.74, 6) is 0.861. The third-order valence-corrected chi connectivity index (χ3v) is 4.04. The van der Waals surface area contributed by atoms with Gasteiger partial charge in [-0.25, -0.2) is 0 Å². The molecule has 0 aliphatic carbocycles. The molecule has 1 aliphatic rings. The Balaban J connectivity index is 2.10. The molecule has 1 heterocycles. The molecule has 0 spiro atoms. The molecule has 19 heavy (non-hydrogen) atoms. The summed E-state index contributed by atoms with van der Waals surface area (Å²) in [5, 5.41) is 0.00236. The molecule has 102 valence electrons. The first-order valence-corrected chi connectivity index (χ1v) is 7.02. The van der Waals surface area contributed by atoms with E-state index in [9.17, 15) is 4.79 Å². The molecule has 1 atom stereocenters. The molecule has 1 aromatic carbocycles. The van der Waals surface area contributed by atoms with Crippen LogP contribution in [-0.4, -0.2) is 24.4 Å². The summed E-state index contributed by atoms with van der Waals surface area (Å²) in [6.07, 6.45) is 0.249. The first-order valence-electron chi connectivity index (χ1n) is 6.20. The van der Waals surface area contributed by atoms with Crippen LogP contribution in [0.1, 0.15) is 18.1 Å². The molecular weight excluding hydrogens is 260 g/mol. The summed E-state index contributed by atoms with van der Waals surface area (Å²) in [7, 11) is 0. The molecule has 1 saturated heterocycles. The number of ether oxygens (including phenoxy) is 2. The first-order chi connectivity index (χ1) is 8.97. The van der Waals surface area contributed by atoms with Crippen LogP contribution in [0.3, 0.4) is 0 Å². The number of aryl methyl sites for hydroxylation is 2. The SMILES string of the molecule is C=C(C)C(=O)Sc1cc(C)c(OC[C@@H]2CO2)cc1C. The highest BCUT2D eigenvalue weighted by molar-refractivity contribution is 8.14. The number of hydrogen-bond donors (Lipinski definition) is 0. The van der Waals surface area contributed by atoms with E-state index in [0.29, 0.717) is 12.2 Å². The van der Waals surface area contributed by atoms with Crippen LogP contribution in [-0.2, 0) is 9.53 Å². The Hall–Kier alpha value is -1.26. The van der Waals surface area contributed by atoms with Gasteiger partial charge in [-0.3, -0.25) is 4.79 Å². The van der Waals surface area contributed by atoms with E-state index in [0.717, 1.165) is 28.4 Å². The molecule has 0 bridgehead atoms. The number of rotatable bonds is 5. The molecule has 2 rings (SSSR count). The van der Waals surface area contributed by atoms with Crippen LogP contribution in [0.25, 0.3) is 0 Å². The molecule has 0 radical (unpaired) electrons. The zero-order chi connectivity index (χ0) is 14.0. The third kappa shape index (κ3) is 3.85. The Kier molecular flexibility index (Phi) is 4.32. The van der Waals surface area contributed by atoms with E-state index >= 15 is 0 Å². The summed E-state index contributed by atoms with van der Waals surface area (Å²) >= 11 is 1.22. The van der Waals surface area contributed by atoms with Gasteiger partial charge in [0.25, 0.3) is 0 Å². The van der Waals surface area contributed by atoms with Gasteiger partial charge in [0, 0.05) is 4.90 Å². The number of epoxide rings is 1. The molecule has 1 aromatic rings. The van der Waals surface area contributed by atoms with Crippen molar-refractivity contribution in [3.05, 3.63) is 35.4 Å². The van der Waals surface area contributed by atoms with Gasteiger partial charge in [0.2, 0.25) is 5.12 Å². The van der Waals surface area contributed by atoms with E-state index in [4.69, 9.17) is 9.47 Å². The molecule has 0 aromatic heterocycles. The standard InChI is InChI=1S/C15H18O3S/c1-9(2)15(16)19-14-6-10(3)13(5-11(14)4)18-8-12-7-17-12/h5-6,12H,1,7-8H2,2-4H3/t12-/m0/s1. The number of carbonyl (C=O) groups is 1. The lowest BCUT2D eigenvalue weighted by molar-refractivity contribution is -0.107. The van der Waals surface area contributed by atoms with Crippen LogP contribution in [0.15, 0.2) is 29.2 Å². The van der Waals surface area contributed by atoms with Gasteiger partial charge in [0.1, 0.15) is 18.5 Å². The van der Waals surface area contributed by atoms with Crippen molar-refractivity contribution < 1.29 is 14.3 Å². The summed E-state index contributed by atoms with van der Waals surface area (Å²) in [5.41, 5.74) is 2.63. The highest BCUT2D eigenvalue weighted by Gasteiger charge is 2.23. The second-order valence-corrected chi connectivity index (χ2v) is 5.83. The second-order valence-electron chi connectivity index (χ2n) is 4.82. The van der Waals surface area contributed by atoms with Crippen molar-refractivity contribution in [3.63, 3.8) is 0 Å². The van der Waals surface area contributed by atoms with Gasteiger partial charge in [-0.15, -0.1) is 0 Å². The smallest absolute Gasteiger partial charge is 0.219 e. The van der Waals surface area contributed by atoms with Gasteiger partial charge < -0.3 is 9.47 Å². The van der Waals surface area contributed by atoms with E-state index in [-0.39, 0.29) is 11.2 Å². The molecule has 4 heteroatoms. The van der Waals surface area contributed by atoms with Crippen molar-refractivity contribution in [3.8, 4) is 5.75 Å². The number of thioether (sulfide) groups is 1. The normalized spacial score (nSPS) is 17.1. The van der Waals surface area contributed by atoms with Crippen molar-refractivity contribution in [2.75, 3.05) is 13.2 Å². The Bertz CT molecular complexity index is 518. The quantitative estimate of drug-likeness (QED) is 0.471. The van der Waals surface area contributed by atoms with Crippen molar-refractivity contribution in [1.29, 1.82) is 0 Å².